The quantitative estimate of drug-likeness (QED) is 0.797. The van der Waals surface area contributed by atoms with E-state index in [-0.39, 0.29) is 29.8 Å². The van der Waals surface area contributed by atoms with Crippen LogP contribution in [0.3, 0.4) is 0 Å². The van der Waals surface area contributed by atoms with Crippen LogP contribution in [0.2, 0.25) is 0 Å². The Morgan fingerprint density at radius 3 is 2.60 bits per heavy atom. The van der Waals surface area contributed by atoms with Crippen molar-refractivity contribution in [1.29, 1.82) is 0 Å². The normalized spacial score (nSPS) is 18.2. The Hall–Kier alpha value is -2.71. The van der Waals surface area contributed by atoms with Crippen LogP contribution in [0.15, 0.2) is 23.8 Å². The third-order valence-corrected chi connectivity index (χ3v) is 5.35. The minimum Gasteiger partial charge on any atom is -0.483 e. The highest BCUT2D eigenvalue weighted by molar-refractivity contribution is 5.92. The van der Waals surface area contributed by atoms with Crippen LogP contribution < -0.4 is 10.1 Å². The van der Waals surface area contributed by atoms with Crippen molar-refractivity contribution in [3.8, 4) is 5.75 Å². The van der Waals surface area contributed by atoms with Gasteiger partial charge in [0.25, 0.3) is 0 Å². The highest BCUT2D eigenvalue weighted by Gasteiger charge is 2.42. The maximum atomic E-state index is 13.4. The van der Waals surface area contributed by atoms with Gasteiger partial charge in [0.05, 0.1) is 11.3 Å². The zero-order valence-corrected chi connectivity index (χ0v) is 17.5. The predicted molar refractivity (Wildman–Crippen MR) is 106 cm³/mol. The summed E-state index contributed by atoms with van der Waals surface area (Å²) in [4.78, 5) is 27.8. The lowest BCUT2D eigenvalue weighted by Gasteiger charge is -2.41. The number of rotatable bonds is 4. The summed E-state index contributed by atoms with van der Waals surface area (Å²) in [5, 5.41) is 2.70. The lowest BCUT2D eigenvalue weighted by atomic mass is 9.87. The molecule has 9 heteroatoms. The minimum atomic E-state index is -4.53. The first-order chi connectivity index (χ1) is 14.0. The zero-order valence-electron chi connectivity index (χ0n) is 17.5. The Labute approximate surface area is 173 Å². The van der Waals surface area contributed by atoms with E-state index in [0.717, 1.165) is 12.1 Å². The van der Waals surface area contributed by atoms with Crippen LogP contribution in [0.4, 0.5) is 18.0 Å². The molecule has 0 aromatic heterocycles. The van der Waals surface area contributed by atoms with Crippen molar-refractivity contribution < 1.29 is 27.5 Å². The fourth-order valence-corrected chi connectivity index (χ4v) is 3.82. The van der Waals surface area contributed by atoms with Gasteiger partial charge < -0.3 is 19.9 Å². The molecule has 0 saturated carbocycles. The number of fused-ring (bicyclic) bond motifs is 1. The van der Waals surface area contributed by atoms with Gasteiger partial charge in [-0.2, -0.15) is 13.2 Å². The number of carbonyl (C=O) groups excluding carboxylic acids is 2. The lowest BCUT2D eigenvalue weighted by Crippen LogP contribution is -2.46. The summed E-state index contributed by atoms with van der Waals surface area (Å²) in [5.74, 6) is 0.135. The summed E-state index contributed by atoms with van der Waals surface area (Å²) in [7, 11) is 1.60. The summed E-state index contributed by atoms with van der Waals surface area (Å²) in [5.41, 5.74) is -0.528. The molecule has 3 amide bonds. The van der Waals surface area contributed by atoms with Crippen LogP contribution in [-0.2, 0) is 11.0 Å². The van der Waals surface area contributed by atoms with E-state index in [0.29, 0.717) is 37.2 Å². The van der Waals surface area contributed by atoms with Crippen LogP contribution in [0.25, 0.3) is 5.70 Å². The molecule has 1 aromatic carbocycles. The molecule has 0 spiro atoms. The van der Waals surface area contributed by atoms with Crippen LogP contribution in [0.5, 0.6) is 5.75 Å². The van der Waals surface area contributed by atoms with Gasteiger partial charge in [-0.15, -0.1) is 0 Å². The maximum absolute atomic E-state index is 13.4. The minimum absolute atomic E-state index is 0.105. The molecule has 0 atom stereocenters. The number of benzene rings is 1. The molecular weight excluding hydrogens is 399 g/mol. The number of nitrogens with zero attached hydrogens (tertiary/aromatic N) is 2. The average Bonchev–Trinajstić information content (AvgIpc) is 3.06. The van der Waals surface area contributed by atoms with E-state index in [2.05, 4.69) is 5.32 Å². The van der Waals surface area contributed by atoms with E-state index >= 15 is 0 Å². The lowest BCUT2D eigenvalue weighted by molar-refractivity contribution is -0.137. The zero-order chi connectivity index (χ0) is 22.3. The molecule has 0 bridgehead atoms. The largest absolute Gasteiger partial charge is 0.483 e. The molecule has 2 aliphatic heterocycles. The van der Waals surface area contributed by atoms with Crippen LogP contribution in [0, 0.1) is 0 Å². The van der Waals surface area contributed by atoms with E-state index in [9.17, 15) is 22.8 Å². The Morgan fingerprint density at radius 1 is 1.33 bits per heavy atom. The molecule has 0 aliphatic carbocycles. The van der Waals surface area contributed by atoms with Gasteiger partial charge in [0, 0.05) is 44.2 Å². The van der Waals surface area contributed by atoms with E-state index < -0.39 is 17.3 Å². The molecule has 1 N–H and O–H groups in total. The molecular formula is C21H26F3N3O3. The standard InChI is InChI=1S/C21H26F3N3O3/c1-5-25-19(29)26(4)12-15-18(27-10-6-7-17(27)28)14-11-13(21(22,23)24)8-9-16(14)30-20(15,2)3/h8-9,11H,5-7,10,12H2,1-4H3,(H,25,29). The number of carbonyl (C=O) groups is 2. The number of halogens is 3. The Morgan fingerprint density at radius 2 is 2.03 bits per heavy atom. The van der Waals surface area contributed by atoms with Gasteiger partial charge in [-0.25, -0.2) is 4.79 Å². The molecule has 3 rings (SSSR count). The van der Waals surface area contributed by atoms with Crippen molar-refractivity contribution in [3.05, 3.63) is 34.9 Å². The van der Waals surface area contributed by atoms with Crippen molar-refractivity contribution in [2.24, 2.45) is 0 Å². The van der Waals surface area contributed by atoms with Crippen LogP contribution >= 0.6 is 0 Å². The fraction of sp³-hybridized carbons (Fsp3) is 0.524. The number of amides is 3. The summed E-state index contributed by atoms with van der Waals surface area (Å²) in [6, 6.07) is 2.98. The number of ether oxygens (including phenoxy) is 1. The molecule has 6 nitrogen and oxygen atoms in total. The molecule has 2 heterocycles. The molecule has 164 valence electrons. The van der Waals surface area contributed by atoms with Gasteiger partial charge in [0.1, 0.15) is 11.4 Å². The predicted octanol–water partition coefficient (Wildman–Crippen LogP) is 3.87. The van der Waals surface area contributed by atoms with Crippen molar-refractivity contribution in [1.82, 2.24) is 15.1 Å². The highest BCUT2D eigenvalue weighted by Crippen LogP contribution is 2.45. The van der Waals surface area contributed by atoms with Gasteiger partial charge in [0.2, 0.25) is 5.91 Å². The molecule has 2 aliphatic rings. The number of nitrogens with one attached hydrogen (secondary N) is 1. The van der Waals surface area contributed by atoms with Crippen molar-refractivity contribution in [2.75, 3.05) is 26.7 Å². The first-order valence-electron chi connectivity index (χ1n) is 9.89. The first-order valence-corrected chi connectivity index (χ1v) is 9.89. The monoisotopic (exact) mass is 425 g/mol. The Bertz CT molecular complexity index is 893. The van der Waals surface area contributed by atoms with Crippen molar-refractivity contribution >= 4 is 17.6 Å². The number of likely N-dealkylation sites (N-methyl/N-ethyl adjacent to an activating group) is 1. The topological polar surface area (TPSA) is 61.9 Å². The van der Waals surface area contributed by atoms with Gasteiger partial charge in [-0.1, -0.05) is 0 Å². The summed E-state index contributed by atoms with van der Waals surface area (Å²) >= 11 is 0. The van der Waals surface area contributed by atoms with Gasteiger partial charge in [-0.3, -0.25) is 4.79 Å². The number of hydrogen-bond acceptors (Lipinski definition) is 3. The average molecular weight is 425 g/mol. The summed E-state index contributed by atoms with van der Waals surface area (Å²) < 4.78 is 46.2. The Kier molecular flexibility index (Phi) is 5.75. The van der Waals surface area contributed by atoms with Crippen LogP contribution in [-0.4, -0.2) is 54.0 Å². The van der Waals surface area contributed by atoms with Crippen molar-refractivity contribution in [2.45, 2.75) is 45.4 Å². The number of alkyl halides is 3. The van der Waals surface area contributed by atoms with Crippen LogP contribution in [0.1, 0.15) is 44.7 Å². The van der Waals surface area contributed by atoms with Gasteiger partial charge >= 0.3 is 12.2 Å². The second kappa shape index (κ2) is 7.85. The molecule has 1 aromatic rings. The van der Waals surface area contributed by atoms with E-state index in [4.69, 9.17) is 4.74 Å². The number of likely N-dealkylation sites (tertiary alicyclic amines) is 1. The number of urea groups is 1. The third-order valence-electron chi connectivity index (χ3n) is 5.35. The second-order valence-corrected chi connectivity index (χ2v) is 7.99. The van der Waals surface area contributed by atoms with E-state index in [1.54, 1.807) is 27.8 Å². The smallest absolute Gasteiger partial charge is 0.416 e. The van der Waals surface area contributed by atoms with Gasteiger partial charge in [-0.05, 0) is 45.4 Å². The summed E-state index contributed by atoms with van der Waals surface area (Å²) in [6.07, 6.45) is -3.57. The first kappa shape index (κ1) is 22.0. The van der Waals surface area contributed by atoms with Crippen molar-refractivity contribution in [3.63, 3.8) is 0 Å². The highest BCUT2D eigenvalue weighted by atomic mass is 19.4. The molecule has 1 saturated heterocycles. The number of hydrogen-bond donors (Lipinski definition) is 1. The molecule has 1 fully saturated rings. The maximum Gasteiger partial charge on any atom is 0.416 e. The molecule has 30 heavy (non-hydrogen) atoms. The van der Waals surface area contributed by atoms with E-state index in [1.807, 2.05) is 0 Å². The SMILES string of the molecule is CCNC(=O)N(C)CC1=C(N2CCCC2=O)c2cc(C(F)(F)F)ccc2OC1(C)C. The summed E-state index contributed by atoms with van der Waals surface area (Å²) in [6.45, 7) is 6.32. The Balaban J connectivity index is 2.19. The van der Waals surface area contributed by atoms with Gasteiger partial charge in [0.15, 0.2) is 0 Å². The second-order valence-electron chi connectivity index (χ2n) is 7.99. The molecule has 0 radical (unpaired) electrons. The molecule has 0 unspecified atom stereocenters. The fourth-order valence-electron chi connectivity index (χ4n) is 3.82. The third kappa shape index (κ3) is 4.11. The van der Waals surface area contributed by atoms with E-state index in [1.165, 1.54) is 15.9 Å².